The molecule has 2 aromatic rings. The molecular weight excluding hydrogens is 304 g/mol. The highest BCUT2D eigenvalue weighted by Gasteiger charge is 2.13. The van der Waals surface area contributed by atoms with E-state index in [1.165, 1.54) is 0 Å². The van der Waals surface area contributed by atoms with E-state index in [-0.39, 0.29) is 5.91 Å². The molecular formula is C18H24N4O2. The number of nitrogens with zero attached hydrogens (tertiary/aromatic N) is 2. The van der Waals surface area contributed by atoms with Gasteiger partial charge in [0.15, 0.2) is 0 Å². The summed E-state index contributed by atoms with van der Waals surface area (Å²) >= 11 is 0. The van der Waals surface area contributed by atoms with Crippen LogP contribution in [0.15, 0.2) is 30.5 Å². The Kier molecular flexibility index (Phi) is 6.69. The van der Waals surface area contributed by atoms with Crippen molar-refractivity contribution in [1.29, 1.82) is 0 Å². The van der Waals surface area contributed by atoms with Crippen LogP contribution in [0.3, 0.4) is 0 Å². The third-order valence-electron chi connectivity index (χ3n) is 3.71. The van der Waals surface area contributed by atoms with Gasteiger partial charge in [-0.05, 0) is 30.0 Å². The third kappa shape index (κ3) is 4.52. The van der Waals surface area contributed by atoms with Gasteiger partial charge < -0.3 is 15.4 Å². The molecule has 0 aliphatic rings. The second kappa shape index (κ2) is 8.98. The number of anilines is 2. The summed E-state index contributed by atoms with van der Waals surface area (Å²) in [5, 5.41) is 6.03. The van der Waals surface area contributed by atoms with Gasteiger partial charge in [-0.1, -0.05) is 32.0 Å². The van der Waals surface area contributed by atoms with Crippen molar-refractivity contribution in [2.75, 3.05) is 30.9 Å². The molecule has 0 spiro atoms. The van der Waals surface area contributed by atoms with Crippen molar-refractivity contribution < 1.29 is 9.53 Å². The quantitative estimate of drug-likeness (QED) is 0.729. The maximum absolute atomic E-state index is 12.6. The number of amides is 1. The van der Waals surface area contributed by atoms with Crippen molar-refractivity contribution in [1.82, 2.24) is 9.97 Å². The van der Waals surface area contributed by atoms with E-state index in [9.17, 15) is 4.79 Å². The van der Waals surface area contributed by atoms with Crippen LogP contribution < -0.4 is 10.6 Å². The molecule has 0 saturated heterocycles. The lowest BCUT2D eigenvalue weighted by Crippen LogP contribution is -2.18. The summed E-state index contributed by atoms with van der Waals surface area (Å²) in [5.41, 5.74) is 3.46. The summed E-state index contributed by atoms with van der Waals surface area (Å²) in [6.45, 7) is 5.28. The van der Waals surface area contributed by atoms with Gasteiger partial charge in [0.2, 0.25) is 5.95 Å². The van der Waals surface area contributed by atoms with Crippen molar-refractivity contribution in [3.8, 4) is 0 Å². The average molecular weight is 328 g/mol. The molecule has 6 heteroatoms. The molecule has 0 aliphatic heterocycles. The number of benzene rings is 1. The third-order valence-corrected chi connectivity index (χ3v) is 3.71. The van der Waals surface area contributed by atoms with E-state index in [1.54, 1.807) is 19.4 Å². The molecule has 128 valence electrons. The van der Waals surface area contributed by atoms with Crippen LogP contribution in [-0.2, 0) is 17.6 Å². The van der Waals surface area contributed by atoms with Crippen molar-refractivity contribution in [2.24, 2.45) is 0 Å². The largest absolute Gasteiger partial charge is 0.383 e. The number of ether oxygens (including phenoxy) is 1. The summed E-state index contributed by atoms with van der Waals surface area (Å²) < 4.78 is 4.97. The van der Waals surface area contributed by atoms with Gasteiger partial charge in [-0.2, -0.15) is 0 Å². The smallest absolute Gasteiger partial charge is 0.274 e. The molecule has 0 saturated carbocycles. The molecule has 24 heavy (non-hydrogen) atoms. The monoisotopic (exact) mass is 328 g/mol. The zero-order valence-electron chi connectivity index (χ0n) is 14.4. The van der Waals surface area contributed by atoms with Crippen LogP contribution in [0.25, 0.3) is 0 Å². The van der Waals surface area contributed by atoms with Gasteiger partial charge in [-0.15, -0.1) is 0 Å². The topological polar surface area (TPSA) is 76.1 Å². The molecule has 1 heterocycles. The van der Waals surface area contributed by atoms with Crippen LogP contribution in [0, 0.1) is 0 Å². The zero-order chi connectivity index (χ0) is 17.4. The molecule has 0 unspecified atom stereocenters. The van der Waals surface area contributed by atoms with Gasteiger partial charge >= 0.3 is 0 Å². The summed E-state index contributed by atoms with van der Waals surface area (Å²) in [5.74, 6) is 0.182. The number of carbonyl (C=O) groups is 1. The van der Waals surface area contributed by atoms with Crippen LogP contribution in [0.1, 0.15) is 35.5 Å². The summed E-state index contributed by atoms with van der Waals surface area (Å²) in [7, 11) is 1.63. The van der Waals surface area contributed by atoms with Gasteiger partial charge in [0.05, 0.1) is 6.61 Å². The molecule has 0 aliphatic carbocycles. The molecule has 2 N–H and O–H groups in total. The Morgan fingerprint density at radius 1 is 1.17 bits per heavy atom. The Morgan fingerprint density at radius 3 is 2.50 bits per heavy atom. The van der Waals surface area contributed by atoms with E-state index in [0.29, 0.717) is 24.8 Å². The molecule has 0 fully saturated rings. The number of para-hydroxylation sites is 1. The lowest BCUT2D eigenvalue weighted by molar-refractivity contribution is 0.102. The highest BCUT2D eigenvalue weighted by molar-refractivity contribution is 6.03. The van der Waals surface area contributed by atoms with Crippen LogP contribution in [0.4, 0.5) is 11.6 Å². The maximum atomic E-state index is 12.6. The van der Waals surface area contributed by atoms with Crippen LogP contribution in [0.2, 0.25) is 0 Å². The minimum absolute atomic E-state index is 0.234. The van der Waals surface area contributed by atoms with Gasteiger partial charge in [0.25, 0.3) is 5.91 Å². The fourth-order valence-electron chi connectivity index (χ4n) is 2.42. The number of nitrogens with one attached hydrogen (secondary N) is 2. The first-order valence-electron chi connectivity index (χ1n) is 8.17. The number of aromatic nitrogens is 2. The van der Waals surface area contributed by atoms with Crippen molar-refractivity contribution in [3.63, 3.8) is 0 Å². The fourth-order valence-corrected chi connectivity index (χ4v) is 2.42. The maximum Gasteiger partial charge on any atom is 0.274 e. The molecule has 6 nitrogen and oxygen atoms in total. The number of rotatable bonds is 8. The van der Waals surface area contributed by atoms with Gasteiger partial charge in [-0.25, -0.2) is 9.97 Å². The SMILES string of the molecule is CCc1cccc(CC)c1NC(=O)c1ccnc(NCCOC)n1. The lowest BCUT2D eigenvalue weighted by Gasteiger charge is -2.14. The van der Waals surface area contributed by atoms with E-state index in [0.717, 1.165) is 29.7 Å². The van der Waals surface area contributed by atoms with Crippen molar-refractivity contribution >= 4 is 17.5 Å². The van der Waals surface area contributed by atoms with E-state index in [2.05, 4.69) is 34.4 Å². The molecule has 0 bridgehead atoms. The Morgan fingerprint density at radius 2 is 1.88 bits per heavy atom. The van der Waals surface area contributed by atoms with Gasteiger partial charge in [-0.3, -0.25) is 4.79 Å². The van der Waals surface area contributed by atoms with Crippen molar-refractivity contribution in [3.05, 3.63) is 47.3 Å². The predicted octanol–water partition coefficient (Wildman–Crippen LogP) is 2.91. The molecule has 2 rings (SSSR count). The van der Waals surface area contributed by atoms with E-state index in [1.807, 2.05) is 18.2 Å². The second-order valence-electron chi connectivity index (χ2n) is 5.30. The lowest BCUT2D eigenvalue weighted by atomic mass is 10.0. The summed E-state index contributed by atoms with van der Waals surface area (Å²) in [6, 6.07) is 7.70. The highest BCUT2D eigenvalue weighted by Crippen LogP contribution is 2.23. The molecule has 1 aromatic heterocycles. The number of carbonyl (C=O) groups excluding carboxylic acids is 1. The number of hydrogen-bond donors (Lipinski definition) is 2. The van der Waals surface area contributed by atoms with Gasteiger partial charge in [0.1, 0.15) is 5.69 Å². The minimum atomic E-state index is -0.234. The number of aryl methyl sites for hydroxylation is 2. The number of hydrogen-bond acceptors (Lipinski definition) is 5. The molecule has 1 aromatic carbocycles. The van der Waals surface area contributed by atoms with Gasteiger partial charge in [0, 0.05) is 25.5 Å². The Bertz CT molecular complexity index is 666. The van der Waals surface area contributed by atoms with E-state index < -0.39 is 0 Å². The molecule has 1 amide bonds. The highest BCUT2D eigenvalue weighted by atomic mass is 16.5. The van der Waals surface area contributed by atoms with Crippen LogP contribution in [-0.4, -0.2) is 36.1 Å². The second-order valence-corrected chi connectivity index (χ2v) is 5.30. The van der Waals surface area contributed by atoms with Crippen LogP contribution in [0.5, 0.6) is 0 Å². The first-order valence-corrected chi connectivity index (χ1v) is 8.17. The first kappa shape index (κ1) is 17.9. The van der Waals surface area contributed by atoms with E-state index >= 15 is 0 Å². The Balaban J connectivity index is 2.17. The predicted molar refractivity (Wildman–Crippen MR) is 95.5 cm³/mol. The van der Waals surface area contributed by atoms with Crippen molar-refractivity contribution in [2.45, 2.75) is 26.7 Å². The fraction of sp³-hybridized carbons (Fsp3) is 0.389. The number of methoxy groups -OCH3 is 1. The minimum Gasteiger partial charge on any atom is -0.383 e. The molecule has 0 radical (unpaired) electrons. The zero-order valence-corrected chi connectivity index (χ0v) is 14.4. The Labute approximate surface area is 142 Å². The molecule has 0 atom stereocenters. The van der Waals surface area contributed by atoms with Crippen LogP contribution >= 0.6 is 0 Å². The standard InChI is InChI=1S/C18H24N4O2/c1-4-13-7-6-8-14(5-2)16(13)22-17(23)15-9-10-19-18(21-15)20-11-12-24-3/h6-10H,4-5,11-12H2,1-3H3,(H,22,23)(H,19,20,21). The normalized spacial score (nSPS) is 10.5. The van der Waals surface area contributed by atoms with E-state index in [4.69, 9.17) is 4.74 Å². The first-order chi connectivity index (χ1) is 11.7. The summed E-state index contributed by atoms with van der Waals surface area (Å²) in [6.07, 6.45) is 3.29. The average Bonchev–Trinajstić information content (AvgIpc) is 2.62. The Hall–Kier alpha value is -2.47. The summed E-state index contributed by atoms with van der Waals surface area (Å²) in [4.78, 5) is 21.0.